The van der Waals surface area contributed by atoms with Gasteiger partial charge in [-0.15, -0.1) is 10.2 Å². The van der Waals surface area contributed by atoms with Crippen LogP contribution in [-0.4, -0.2) is 43.5 Å². The minimum atomic E-state index is -0.884. The number of carbonyl (C=O) groups excluding carboxylic acids is 1. The lowest BCUT2D eigenvalue weighted by Crippen LogP contribution is -2.30. The summed E-state index contributed by atoms with van der Waals surface area (Å²) in [6.07, 6.45) is 1.33. The summed E-state index contributed by atoms with van der Waals surface area (Å²) in [6, 6.07) is 0.0696. The first-order chi connectivity index (χ1) is 9.47. The third-order valence-corrected chi connectivity index (χ3v) is 4.03. The van der Waals surface area contributed by atoms with Crippen LogP contribution in [0.1, 0.15) is 38.4 Å². The second-order valence-corrected chi connectivity index (χ2v) is 6.03. The predicted octanol–water partition coefficient (Wildman–Crippen LogP) is 0.857. The predicted molar refractivity (Wildman–Crippen MR) is 73.6 cm³/mol. The molecule has 1 aliphatic heterocycles. The second kappa shape index (κ2) is 6.25. The van der Waals surface area contributed by atoms with Crippen LogP contribution in [0.4, 0.5) is 0 Å². The van der Waals surface area contributed by atoms with E-state index >= 15 is 0 Å². The van der Waals surface area contributed by atoms with Gasteiger partial charge in [0.15, 0.2) is 5.16 Å². The van der Waals surface area contributed by atoms with Gasteiger partial charge in [0.25, 0.3) is 0 Å². The van der Waals surface area contributed by atoms with Gasteiger partial charge in [-0.3, -0.25) is 9.59 Å². The van der Waals surface area contributed by atoms with Crippen molar-refractivity contribution in [1.29, 1.82) is 0 Å². The SMILES string of the molecule is CC(C)c1nnc(SCC(=O)O)n1CC1CCC(=O)N1. The first-order valence-electron chi connectivity index (χ1n) is 6.54. The van der Waals surface area contributed by atoms with E-state index in [0.29, 0.717) is 18.1 Å². The van der Waals surface area contributed by atoms with Crippen LogP contribution in [0.25, 0.3) is 0 Å². The highest BCUT2D eigenvalue weighted by molar-refractivity contribution is 7.99. The van der Waals surface area contributed by atoms with Crippen LogP contribution in [0.3, 0.4) is 0 Å². The van der Waals surface area contributed by atoms with Crippen molar-refractivity contribution in [3.8, 4) is 0 Å². The van der Waals surface area contributed by atoms with Crippen LogP contribution in [-0.2, 0) is 16.1 Å². The summed E-state index contributed by atoms with van der Waals surface area (Å²) >= 11 is 1.15. The third-order valence-electron chi connectivity index (χ3n) is 3.07. The fourth-order valence-corrected chi connectivity index (χ4v) is 2.84. The van der Waals surface area contributed by atoms with Crippen LogP contribution in [0, 0.1) is 0 Å². The molecular formula is C12H18N4O3S. The molecule has 2 heterocycles. The highest BCUT2D eigenvalue weighted by Crippen LogP contribution is 2.23. The molecule has 0 bridgehead atoms. The number of carbonyl (C=O) groups is 2. The Bertz CT molecular complexity index is 515. The van der Waals surface area contributed by atoms with E-state index in [1.165, 1.54) is 0 Å². The molecule has 2 N–H and O–H groups in total. The Hall–Kier alpha value is -1.57. The summed E-state index contributed by atoms with van der Waals surface area (Å²) in [4.78, 5) is 21.9. The van der Waals surface area contributed by atoms with Gasteiger partial charge in [0.2, 0.25) is 5.91 Å². The van der Waals surface area contributed by atoms with Gasteiger partial charge in [-0.25, -0.2) is 0 Å². The molecule has 7 nitrogen and oxygen atoms in total. The maximum absolute atomic E-state index is 11.3. The molecule has 0 saturated carbocycles. The Morgan fingerprint density at radius 2 is 2.30 bits per heavy atom. The lowest BCUT2D eigenvalue weighted by Gasteiger charge is -2.16. The molecule has 0 spiro atoms. The zero-order valence-electron chi connectivity index (χ0n) is 11.5. The number of thioether (sulfide) groups is 1. The summed E-state index contributed by atoms with van der Waals surface area (Å²) in [6.45, 7) is 4.62. The smallest absolute Gasteiger partial charge is 0.313 e. The molecule has 110 valence electrons. The number of hydrogen-bond donors (Lipinski definition) is 2. The Kier molecular flexibility index (Phi) is 4.64. The summed E-state index contributed by atoms with van der Waals surface area (Å²) in [7, 11) is 0. The van der Waals surface area contributed by atoms with Crippen molar-refractivity contribution in [1.82, 2.24) is 20.1 Å². The molecule has 0 aromatic carbocycles. The van der Waals surface area contributed by atoms with Crippen molar-refractivity contribution in [3.05, 3.63) is 5.82 Å². The molecule has 1 aromatic heterocycles. The Morgan fingerprint density at radius 1 is 1.55 bits per heavy atom. The Balaban J connectivity index is 2.15. The van der Waals surface area contributed by atoms with Crippen molar-refractivity contribution in [2.45, 2.75) is 50.4 Å². The summed E-state index contributed by atoms with van der Waals surface area (Å²) < 4.78 is 1.93. The maximum Gasteiger partial charge on any atom is 0.313 e. The molecule has 0 radical (unpaired) electrons. The quantitative estimate of drug-likeness (QED) is 0.756. The monoisotopic (exact) mass is 298 g/mol. The molecule has 20 heavy (non-hydrogen) atoms. The molecule has 1 aromatic rings. The molecule has 8 heteroatoms. The van der Waals surface area contributed by atoms with Crippen molar-refractivity contribution in [2.24, 2.45) is 0 Å². The van der Waals surface area contributed by atoms with E-state index in [9.17, 15) is 9.59 Å². The highest BCUT2D eigenvalue weighted by Gasteiger charge is 2.24. The zero-order valence-corrected chi connectivity index (χ0v) is 12.3. The fourth-order valence-electron chi connectivity index (χ4n) is 2.17. The summed E-state index contributed by atoms with van der Waals surface area (Å²) in [5.41, 5.74) is 0. The number of amides is 1. The molecule has 0 aliphatic carbocycles. The number of hydrogen-bond acceptors (Lipinski definition) is 5. The molecule has 1 atom stereocenters. The van der Waals surface area contributed by atoms with Crippen LogP contribution in [0.15, 0.2) is 5.16 Å². The minimum absolute atomic E-state index is 0.0484. The summed E-state index contributed by atoms with van der Waals surface area (Å²) in [5, 5.41) is 20.5. The first-order valence-corrected chi connectivity index (χ1v) is 7.53. The number of carboxylic acid groups (broad SMARTS) is 1. The average molecular weight is 298 g/mol. The van der Waals surface area contributed by atoms with Crippen LogP contribution < -0.4 is 5.32 Å². The van der Waals surface area contributed by atoms with Crippen molar-refractivity contribution >= 4 is 23.6 Å². The number of aliphatic carboxylic acids is 1. The average Bonchev–Trinajstić information content (AvgIpc) is 2.94. The van der Waals surface area contributed by atoms with E-state index in [4.69, 9.17) is 5.11 Å². The number of carboxylic acids is 1. The number of nitrogens with one attached hydrogen (secondary N) is 1. The first kappa shape index (κ1) is 14.8. The number of aromatic nitrogens is 3. The van der Waals surface area contributed by atoms with Crippen LogP contribution in [0.5, 0.6) is 0 Å². The molecular weight excluding hydrogens is 280 g/mol. The standard InChI is InChI=1S/C12H18N4O3S/c1-7(2)11-14-15-12(20-6-10(18)19)16(11)5-8-3-4-9(17)13-8/h7-8H,3-6H2,1-2H3,(H,13,17)(H,18,19). The van der Waals surface area contributed by atoms with Crippen LogP contribution >= 0.6 is 11.8 Å². The van der Waals surface area contributed by atoms with E-state index in [1.54, 1.807) is 0 Å². The largest absolute Gasteiger partial charge is 0.481 e. The maximum atomic E-state index is 11.3. The van der Waals surface area contributed by atoms with Gasteiger partial charge in [0.1, 0.15) is 5.82 Å². The molecule has 1 fully saturated rings. The normalized spacial score (nSPS) is 18.6. The summed E-state index contributed by atoms with van der Waals surface area (Å²) in [5.74, 6) is 0.143. The lowest BCUT2D eigenvalue weighted by atomic mass is 10.2. The fraction of sp³-hybridized carbons (Fsp3) is 0.667. The van der Waals surface area contributed by atoms with E-state index in [-0.39, 0.29) is 23.6 Å². The number of nitrogens with zero attached hydrogens (tertiary/aromatic N) is 3. The molecule has 1 amide bonds. The molecule has 1 aliphatic rings. The minimum Gasteiger partial charge on any atom is -0.481 e. The van der Waals surface area contributed by atoms with E-state index < -0.39 is 5.97 Å². The molecule has 1 unspecified atom stereocenters. The molecule has 2 rings (SSSR count). The highest BCUT2D eigenvalue weighted by atomic mass is 32.2. The van der Waals surface area contributed by atoms with Gasteiger partial charge in [0, 0.05) is 24.9 Å². The van der Waals surface area contributed by atoms with Crippen molar-refractivity contribution in [2.75, 3.05) is 5.75 Å². The Labute approximate surface area is 121 Å². The third kappa shape index (κ3) is 3.50. The van der Waals surface area contributed by atoms with E-state index in [2.05, 4.69) is 15.5 Å². The van der Waals surface area contributed by atoms with Gasteiger partial charge >= 0.3 is 5.97 Å². The van der Waals surface area contributed by atoms with Gasteiger partial charge in [-0.1, -0.05) is 25.6 Å². The van der Waals surface area contributed by atoms with Crippen LogP contribution in [0.2, 0.25) is 0 Å². The second-order valence-electron chi connectivity index (χ2n) is 5.09. The number of rotatable bonds is 6. The van der Waals surface area contributed by atoms with E-state index in [1.807, 2.05) is 18.4 Å². The van der Waals surface area contributed by atoms with Crippen molar-refractivity contribution < 1.29 is 14.7 Å². The van der Waals surface area contributed by atoms with Gasteiger partial charge < -0.3 is 15.0 Å². The Morgan fingerprint density at radius 3 is 2.85 bits per heavy atom. The van der Waals surface area contributed by atoms with E-state index in [0.717, 1.165) is 24.0 Å². The van der Waals surface area contributed by atoms with Gasteiger partial charge in [0.05, 0.1) is 5.75 Å². The topological polar surface area (TPSA) is 97.1 Å². The van der Waals surface area contributed by atoms with Gasteiger partial charge in [-0.2, -0.15) is 0 Å². The zero-order chi connectivity index (χ0) is 14.7. The molecule has 1 saturated heterocycles. The van der Waals surface area contributed by atoms with Gasteiger partial charge in [-0.05, 0) is 6.42 Å². The lowest BCUT2D eigenvalue weighted by molar-refractivity contribution is -0.133. The van der Waals surface area contributed by atoms with Crippen molar-refractivity contribution in [3.63, 3.8) is 0 Å².